The van der Waals surface area contributed by atoms with Gasteiger partial charge in [0.25, 0.3) is 0 Å². The van der Waals surface area contributed by atoms with Crippen molar-refractivity contribution in [2.75, 3.05) is 0 Å². The molecule has 3 nitrogen and oxygen atoms in total. The minimum absolute atomic E-state index is 0.0283. The third kappa shape index (κ3) is 3.31. The molecule has 4 heteroatoms. The van der Waals surface area contributed by atoms with Crippen molar-refractivity contribution in [2.45, 2.75) is 13.8 Å². The van der Waals surface area contributed by atoms with Crippen molar-refractivity contribution in [3.8, 4) is 17.2 Å². The van der Waals surface area contributed by atoms with Gasteiger partial charge in [-0.2, -0.15) is 0 Å². The van der Waals surface area contributed by atoms with E-state index in [1.165, 1.54) is 12.5 Å². The van der Waals surface area contributed by atoms with Gasteiger partial charge in [-0.15, -0.1) is 0 Å². The first-order chi connectivity index (χ1) is 7.69. The van der Waals surface area contributed by atoms with E-state index in [2.05, 4.69) is 15.9 Å². The Bertz CT molecular complexity index is 376. The minimum atomic E-state index is -0.0283. The lowest BCUT2D eigenvalue weighted by Gasteiger charge is -2.08. The van der Waals surface area contributed by atoms with Crippen LogP contribution in [0.4, 0.5) is 0 Å². The number of aromatic hydroxyl groups is 1. The van der Waals surface area contributed by atoms with Crippen LogP contribution in [0.25, 0.3) is 0 Å². The van der Waals surface area contributed by atoms with Gasteiger partial charge in [0, 0.05) is 4.47 Å². The summed E-state index contributed by atoms with van der Waals surface area (Å²) in [4.78, 5) is 0. The SMILES string of the molecule is CC=COc1cc(Br)cc(OC=CC)c1O. The first-order valence-electron chi connectivity index (χ1n) is 4.77. The van der Waals surface area contributed by atoms with Crippen LogP contribution in [0.1, 0.15) is 13.8 Å². The van der Waals surface area contributed by atoms with Crippen molar-refractivity contribution >= 4 is 15.9 Å². The fourth-order valence-electron chi connectivity index (χ4n) is 1.01. The van der Waals surface area contributed by atoms with Crippen LogP contribution in [-0.4, -0.2) is 5.11 Å². The van der Waals surface area contributed by atoms with Crippen molar-refractivity contribution in [1.82, 2.24) is 0 Å². The molecule has 0 aliphatic carbocycles. The Morgan fingerprint density at radius 2 is 1.50 bits per heavy atom. The maximum absolute atomic E-state index is 9.83. The molecule has 0 spiro atoms. The van der Waals surface area contributed by atoms with E-state index in [0.29, 0.717) is 11.5 Å². The van der Waals surface area contributed by atoms with Gasteiger partial charge in [0.2, 0.25) is 5.75 Å². The monoisotopic (exact) mass is 284 g/mol. The van der Waals surface area contributed by atoms with Gasteiger partial charge in [-0.3, -0.25) is 0 Å². The number of rotatable bonds is 4. The molecular weight excluding hydrogens is 272 g/mol. The predicted octanol–water partition coefficient (Wildman–Crippen LogP) is 3.98. The van der Waals surface area contributed by atoms with E-state index in [4.69, 9.17) is 9.47 Å². The summed E-state index contributed by atoms with van der Waals surface area (Å²) >= 11 is 3.31. The fourth-order valence-corrected chi connectivity index (χ4v) is 1.43. The second kappa shape index (κ2) is 6.23. The third-order valence-corrected chi connectivity index (χ3v) is 2.12. The summed E-state index contributed by atoms with van der Waals surface area (Å²) in [5, 5.41) is 9.83. The maximum atomic E-state index is 9.83. The molecular formula is C12H13BrO3. The Kier molecular flexibility index (Phi) is 4.92. The Balaban J connectivity index is 3.04. The summed E-state index contributed by atoms with van der Waals surface area (Å²) in [6.45, 7) is 3.65. The zero-order chi connectivity index (χ0) is 12.0. The molecule has 0 radical (unpaired) electrons. The number of benzene rings is 1. The number of halogens is 1. The summed E-state index contributed by atoms with van der Waals surface area (Å²) in [6.07, 6.45) is 6.43. The Hall–Kier alpha value is -1.42. The quantitative estimate of drug-likeness (QED) is 0.850. The highest BCUT2D eigenvalue weighted by Gasteiger charge is 2.10. The van der Waals surface area contributed by atoms with Crippen LogP contribution in [0.5, 0.6) is 17.2 Å². The first-order valence-corrected chi connectivity index (χ1v) is 5.56. The lowest BCUT2D eigenvalue weighted by molar-refractivity contribution is 0.376. The van der Waals surface area contributed by atoms with Crippen LogP contribution >= 0.6 is 15.9 Å². The third-order valence-electron chi connectivity index (χ3n) is 1.67. The molecule has 0 fully saturated rings. The van der Waals surface area contributed by atoms with Crippen molar-refractivity contribution in [3.63, 3.8) is 0 Å². The molecule has 0 aliphatic heterocycles. The molecule has 86 valence electrons. The van der Waals surface area contributed by atoms with Crippen LogP contribution in [0, 0.1) is 0 Å². The zero-order valence-electron chi connectivity index (χ0n) is 9.11. The van der Waals surface area contributed by atoms with Gasteiger partial charge in [0.15, 0.2) is 11.5 Å². The van der Waals surface area contributed by atoms with Crippen LogP contribution < -0.4 is 9.47 Å². The van der Waals surface area contributed by atoms with Gasteiger partial charge >= 0.3 is 0 Å². The fraction of sp³-hybridized carbons (Fsp3) is 0.167. The Labute approximate surface area is 103 Å². The summed E-state index contributed by atoms with van der Waals surface area (Å²) in [7, 11) is 0. The van der Waals surface area contributed by atoms with Crippen LogP contribution in [0.15, 0.2) is 41.3 Å². The molecule has 1 aromatic rings. The molecule has 0 bridgehead atoms. The number of hydrogen-bond donors (Lipinski definition) is 1. The number of hydrogen-bond acceptors (Lipinski definition) is 3. The van der Waals surface area contributed by atoms with Gasteiger partial charge in [0.1, 0.15) is 0 Å². The molecule has 0 aliphatic rings. The van der Waals surface area contributed by atoms with E-state index in [0.717, 1.165) is 4.47 Å². The van der Waals surface area contributed by atoms with Crippen LogP contribution in [0.3, 0.4) is 0 Å². The van der Waals surface area contributed by atoms with Crippen LogP contribution in [-0.2, 0) is 0 Å². The van der Waals surface area contributed by atoms with Gasteiger partial charge in [-0.25, -0.2) is 0 Å². The highest BCUT2D eigenvalue weighted by Crippen LogP contribution is 2.39. The van der Waals surface area contributed by atoms with Crippen molar-refractivity contribution in [2.24, 2.45) is 0 Å². The number of phenolic OH excluding ortho intramolecular Hbond substituents is 1. The Morgan fingerprint density at radius 1 is 1.06 bits per heavy atom. The molecule has 0 saturated carbocycles. The van der Waals surface area contributed by atoms with Gasteiger partial charge in [0.05, 0.1) is 12.5 Å². The molecule has 0 unspecified atom stereocenters. The highest BCUT2D eigenvalue weighted by molar-refractivity contribution is 9.10. The first kappa shape index (κ1) is 12.6. The number of allylic oxidation sites excluding steroid dienone is 2. The zero-order valence-corrected chi connectivity index (χ0v) is 10.7. The predicted molar refractivity (Wildman–Crippen MR) is 66.7 cm³/mol. The van der Waals surface area contributed by atoms with Crippen molar-refractivity contribution in [3.05, 3.63) is 41.3 Å². The van der Waals surface area contributed by atoms with E-state index in [9.17, 15) is 5.11 Å². The summed E-state index contributed by atoms with van der Waals surface area (Å²) in [6, 6.07) is 3.33. The molecule has 0 aromatic heterocycles. The van der Waals surface area contributed by atoms with E-state index < -0.39 is 0 Å². The molecule has 1 rings (SSSR count). The molecule has 0 heterocycles. The molecule has 16 heavy (non-hydrogen) atoms. The van der Waals surface area contributed by atoms with E-state index >= 15 is 0 Å². The average molecular weight is 285 g/mol. The Morgan fingerprint density at radius 3 is 1.88 bits per heavy atom. The second-order valence-corrected chi connectivity index (χ2v) is 3.84. The number of phenols is 1. The lowest BCUT2D eigenvalue weighted by Crippen LogP contribution is -1.88. The normalized spacial score (nSPS) is 11.2. The smallest absolute Gasteiger partial charge is 0.202 e. The number of ether oxygens (including phenoxy) is 2. The van der Waals surface area contributed by atoms with Gasteiger partial charge in [-0.05, 0) is 26.0 Å². The summed E-state index contributed by atoms with van der Waals surface area (Å²) in [5.74, 6) is 0.651. The maximum Gasteiger partial charge on any atom is 0.202 e. The van der Waals surface area contributed by atoms with E-state index in [1.807, 2.05) is 13.8 Å². The molecule has 0 amide bonds. The van der Waals surface area contributed by atoms with E-state index in [1.54, 1.807) is 24.3 Å². The molecule has 0 atom stereocenters. The van der Waals surface area contributed by atoms with Crippen molar-refractivity contribution in [1.29, 1.82) is 0 Å². The second-order valence-electron chi connectivity index (χ2n) is 2.93. The lowest BCUT2D eigenvalue weighted by atomic mass is 10.3. The van der Waals surface area contributed by atoms with Crippen LogP contribution in [0.2, 0.25) is 0 Å². The largest absolute Gasteiger partial charge is 0.502 e. The standard InChI is InChI=1S/C12H13BrO3/c1-3-5-15-10-7-9(13)8-11(12(10)14)16-6-4-2/h3-8,14H,1-2H3. The summed E-state index contributed by atoms with van der Waals surface area (Å²) < 4.78 is 11.2. The summed E-state index contributed by atoms with van der Waals surface area (Å²) in [5.41, 5.74) is 0. The molecule has 1 N–H and O–H groups in total. The minimum Gasteiger partial charge on any atom is -0.502 e. The van der Waals surface area contributed by atoms with Crippen molar-refractivity contribution < 1.29 is 14.6 Å². The molecule has 1 aromatic carbocycles. The van der Waals surface area contributed by atoms with Gasteiger partial charge < -0.3 is 14.6 Å². The average Bonchev–Trinajstić information content (AvgIpc) is 2.28. The van der Waals surface area contributed by atoms with Gasteiger partial charge in [-0.1, -0.05) is 28.1 Å². The topological polar surface area (TPSA) is 38.7 Å². The molecule has 0 saturated heterocycles. The van der Waals surface area contributed by atoms with E-state index in [-0.39, 0.29) is 5.75 Å². The highest BCUT2D eigenvalue weighted by atomic mass is 79.9.